The van der Waals surface area contributed by atoms with Gasteiger partial charge in [0.05, 0.1) is 12.8 Å². The second kappa shape index (κ2) is 7.80. The number of rotatable bonds is 3. The van der Waals surface area contributed by atoms with Crippen LogP contribution in [0.15, 0.2) is 72.2 Å². The summed E-state index contributed by atoms with van der Waals surface area (Å²) in [5.74, 6) is 0.950. The highest BCUT2D eigenvalue weighted by atomic mass is 16.5. The zero-order chi connectivity index (χ0) is 18.6. The van der Waals surface area contributed by atoms with Crippen molar-refractivity contribution in [3.8, 4) is 0 Å². The number of carbonyl (C=O) groups excluding carboxylic acids is 1. The summed E-state index contributed by atoms with van der Waals surface area (Å²) in [7, 11) is 0. The first-order valence-corrected chi connectivity index (χ1v) is 9.28. The van der Waals surface area contributed by atoms with Crippen LogP contribution in [0.2, 0.25) is 0 Å². The molecule has 2 amide bonds. The Morgan fingerprint density at radius 3 is 3.15 bits per heavy atom. The average Bonchev–Trinajstić information content (AvgIpc) is 3.24. The lowest BCUT2D eigenvalue weighted by atomic mass is 9.96. The zero-order valence-electron chi connectivity index (χ0n) is 15.1. The number of ether oxygens (including phenoxy) is 1. The fourth-order valence-corrected chi connectivity index (χ4v) is 3.77. The van der Waals surface area contributed by atoms with E-state index in [4.69, 9.17) is 4.74 Å². The van der Waals surface area contributed by atoms with E-state index < -0.39 is 0 Å². The lowest BCUT2D eigenvalue weighted by Gasteiger charge is -2.27. The minimum absolute atomic E-state index is 0.0386. The predicted octanol–water partition coefficient (Wildman–Crippen LogP) is 3.27. The first-order chi connectivity index (χ1) is 13.3. The standard InChI is InChI=1S/C21H23N3O3/c25-15-18-4-1-2-6-19(18)20-14-24(10-11-27-20)21(26)23-9-7-17(13-23)16-5-3-8-22-12-16/h1,3-5,8,10-12,14,17,25H,2,6-7,9,13,15H2. The smallest absolute Gasteiger partial charge is 0.328 e. The zero-order valence-corrected chi connectivity index (χ0v) is 15.1. The van der Waals surface area contributed by atoms with Crippen LogP contribution >= 0.6 is 0 Å². The van der Waals surface area contributed by atoms with Crippen molar-refractivity contribution >= 4 is 6.03 Å². The third kappa shape index (κ3) is 3.66. The highest BCUT2D eigenvalue weighted by molar-refractivity contribution is 5.77. The minimum Gasteiger partial charge on any atom is -0.462 e. The van der Waals surface area contributed by atoms with E-state index >= 15 is 0 Å². The maximum atomic E-state index is 13.0. The molecule has 6 nitrogen and oxygen atoms in total. The molecule has 0 aromatic carbocycles. The molecular formula is C21H23N3O3. The normalized spacial score (nSPS) is 22.1. The number of aliphatic hydroxyl groups excluding tert-OH is 1. The van der Waals surface area contributed by atoms with Gasteiger partial charge in [-0.1, -0.05) is 18.2 Å². The molecule has 4 rings (SSSR count). The van der Waals surface area contributed by atoms with Gasteiger partial charge in [-0.2, -0.15) is 0 Å². The molecular weight excluding hydrogens is 342 g/mol. The van der Waals surface area contributed by atoms with Crippen molar-refractivity contribution in [3.05, 3.63) is 77.8 Å². The van der Waals surface area contributed by atoms with Crippen molar-refractivity contribution in [1.29, 1.82) is 0 Å². The van der Waals surface area contributed by atoms with Crippen molar-refractivity contribution in [2.75, 3.05) is 19.7 Å². The Kier molecular flexibility index (Phi) is 5.07. The molecule has 27 heavy (non-hydrogen) atoms. The summed E-state index contributed by atoms with van der Waals surface area (Å²) in [6.45, 7) is 1.37. The Morgan fingerprint density at radius 1 is 1.41 bits per heavy atom. The van der Waals surface area contributed by atoms with Crippen LogP contribution in [-0.2, 0) is 4.74 Å². The monoisotopic (exact) mass is 365 g/mol. The van der Waals surface area contributed by atoms with Gasteiger partial charge in [0, 0.05) is 43.2 Å². The average molecular weight is 365 g/mol. The van der Waals surface area contributed by atoms with Gasteiger partial charge in [0.2, 0.25) is 0 Å². The van der Waals surface area contributed by atoms with E-state index in [0.717, 1.165) is 37.0 Å². The number of pyridine rings is 1. The highest BCUT2D eigenvalue weighted by Gasteiger charge is 2.30. The van der Waals surface area contributed by atoms with E-state index in [1.54, 1.807) is 23.5 Å². The van der Waals surface area contributed by atoms with Gasteiger partial charge >= 0.3 is 6.03 Å². The van der Waals surface area contributed by atoms with Gasteiger partial charge in [-0.3, -0.25) is 9.88 Å². The molecule has 140 valence electrons. The van der Waals surface area contributed by atoms with Crippen LogP contribution < -0.4 is 0 Å². The van der Waals surface area contributed by atoms with Gasteiger partial charge in [-0.15, -0.1) is 0 Å². The number of carbonyl (C=O) groups is 1. The fourth-order valence-electron chi connectivity index (χ4n) is 3.77. The molecule has 0 bridgehead atoms. The molecule has 2 aliphatic heterocycles. The molecule has 1 unspecified atom stereocenters. The molecule has 1 atom stereocenters. The molecule has 0 radical (unpaired) electrons. The minimum atomic E-state index is -0.0593. The van der Waals surface area contributed by atoms with Gasteiger partial charge < -0.3 is 14.7 Å². The number of likely N-dealkylation sites (tertiary alicyclic amines) is 1. The van der Waals surface area contributed by atoms with E-state index in [1.807, 2.05) is 29.3 Å². The maximum Gasteiger partial charge on any atom is 0.328 e. The summed E-state index contributed by atoms with van der Waals surface area (Å²) in [6, 6.07) is 3.94. The summed E-state index contributed by atoms with van der Waals surface area (Å²) in [5.41, 5.74) is 2.97. The highest BCUT2D eigenvalue weighted by Crippen LogP contribution is 2.30. The quantitative estimate of drug-likeness (QED) is 0.893. The van der Waals surface area contributed by atoms with Crippen molar-refractivity contribution in [3.63, 3.8) is 0 Å². The van der Waals surface area contributed by atoms with Crippen molar-refractivity contribution < 1.29 is 14.6 Å². The van der Waals surface area contributed by atoms with Crippen LogP contribution in [0.4, 0.5) is 4.79 Å². The van der Waals surface area contributed by atoms with E-state index in [9.17, 15) is 9.90 Å². The molecule has 0 spiro atoms. The number of amides is 2. The van der Waals surface area contributed by atoms with E-state index in [-0.39, 0.29) is 12.6 Å². The van der Waals surface area contributed by atoms with Crippen LogP contribution in [0, 0.1) is 0 Å². The van der Waals surface area contributed by atoms with E-state index in [1.165, 1.54) is 11.8 Å². The molecule has 1 fully saturated rings. The molecule has 0 saturated carbocycles. The number of hydrogen-bond acceptors (Lipinski definition) is 4. The van der Waals surface area contributed by atoms with Crippen LogP contribution in [0.5, 0.6) is 0 Å². The van der Waals surface area contributed by atoms with Crippen molar-refractivity contribution in [1.82, 2.24) is 14.8 Å². The van der Waals surface area contributed by atoms with Crippen LogP contribution in [0.25, 0.3) is 0 Å². The number of hydrogen-bond donors (Lipinski definition) is 1. The Bertz CT molecular complexity index is 826. The summed E-state index contributed by atoms with van der Waals surface area (Å²) >= 11 is 0. The molecule has 1 aromatic rings. The Morgan fingerprint density at radius 2 is 2.33 bits per heavy atom. The van der Waals surface area contributed by atoms with Crippen LogP contribution in [0.1, 0.15) is 30.7 Å². The molecule has 1 aromatic heterocycles. The van der Waals surface area contributed by atoms with Gasteiger partial charge in [0.25, 0.3) is 0 Å². The number of aliphatic hydroxyl groups is 1. The van der Waals surface area contributed by atoms with Crippen LogP contribution in [-0.4, -0.2) is 45.6 Å². The second-order valence-electron chi connectivity index (χ2n) is 6.91. The van der Waals surface area contributed by atoms with E-state index in [0.29, 0.717) is 18.2 Å². The Labute approximate surface area is 158 Å². The number of aromatic nitrogens is 1. The molecule has 3 aliphatic rings. The van der Waals surface area contributed by atoms with Gasteiger partial charge in [0.1, 0.15) is 12.0 Å². The molecule has 6 heteroatoms. The summed E-state index contributed by atoms with van der Waals surface area (Å²) in [5, 5.41) is 9.57. The third-order valence-electron chi connectivity index (χ3n) is 5.24. The topological polar surface area (TPSA) is 65.9 Å². The first kappa shape index (κ1) is 17.5. The third-order valence-corrected chi connectivity index (χ3v) is 5.24. The van der Waals surface area contributed by atoms with Gasteiger partial charge in [0.15, 0.2) is 0 Å². The van der Waals surface area contributed by atoms with Crippen molar-refractivity contribution in [2.24, 2.45) is 0 Å². The SMILES string of the molecule is O=C(N1C=COC(C2=C(CO)C=CCC2)=C1)N1CCC(c2cccnc2)C1. The number of urea groups is 1. The lowest BCUT2D eigenvalue weighted by Crippen LogP contribution is -2.37. The summed E-state index contributed by atoms with van der Waals surface area (Å²) in [4.78, 5) is 20.6. The lowest BCUT2D eigenvalue weighted by molar-refractivity contribution is 0.185. The predicted molar refractivity (Wildman–Crippen MR) is 101 cm³/mol. The van der Waals surface area contributed by atoms with Gasteiger partial charge in [-0.05, 0) is 36.5 Å². The van der Waals surface area contributed by atoms with E-state index in [2.05, 4.69) is 11.1 Å². The largest absolute Gasteiger partial charge is 0.462 e. The second-order valence-corrected chi connectivity index (χ2v) is 6.91. The summed E-state index contributed by atoms with van der Waals surface area (Å²) < 4.78 is 5.64. The Hall–Kier alpha value is -2.86. The molecule has 1 aliphatic carbocycles. The fraction of sp³-hybridized carbons (Fsp3) is 0.333. The first-order valence-electron chi connectivity index (χ1n) is 9.28. The van der Waals surface area contributed by atoms with Crippen molar-refractivity contribution in [2.45, 2.75) is 25.2 Å². The molecule has 1 saturated heterocycles. The summed E-state index contributed by atoms with van der Waals surface area (Å²) in [6.07, 6.45) is 15.1. The molecule has 1 N–H and O–H groups in total. The van der Waals surface area contributed by atoms with Crippen LogP contribution in [0.3, 0.4) is 0 Å². The maximum absolute atomic E-state index is 13.0. The number of allylic oxidation sites excluding steroid dienone is 2. The number of nitrogens with zero attached hydrogens (tertiary/aromatic N) is 3. The Balaban J connectivity index is 1.48. The molecule has 3 heterocycles. The van der Waals surface area contributed by atoms with Gasteiger partial charge in [-0.25, -0.2) is 4.79 Å².